The van der Waals surface area contributed by atoms with E-state index in [0.717, 1.165) is 5.57 Å². The first kappa shape index (κ1) is 17.2. The van der Waals surface area contributed by atoms with E-state index in [0.29, 0.717) is 13.2 Å². The van der Waals surface area contributed by atoms with Gasteiger partial charge in [0.1, 0.15) is 0 Å². The average molecular weight is 273 g/mol. The second-order valence-electron chi connectivity index (χ2n) is 6.26. The van der Waals surface area contributed by atoms with Crippen LogP contribution in [0.5, 0.6) is 0 Å². The van der Waals surface area contributed by atoms with E-state index in [2.05, 4.69) is 33.9 Å². The van der Waals surface area contributed by atoms with Gasteiger partial charge in [0.15, 0.2) is 8.32 Å². The van der Waals surface area contributed by atoms with Crippen LogP contribution < -0.4 is 0 Å². The minimum Gasteiger partial charge on any atom is -0.465 e. The zero-order chi connectivity index (χ0) is 14.6. The Morgan fingerprint density at radius 3 is 2.28 bits per heavy atom. The zero-order valence-corrected chi connectivity index (χ0v) is 13.7. The molecule has 0 saturated carbocycles. The van der Waals surface area contributed by atoms with Gasteiger partial charge in [0, 0.05) is 13.6 Å². The smallest absolute Gasteiger partial charge is 0.407 e. The maximum absolute atomic E-state index is 10.6. The van der Waals surface area contributed by atoms with Crippen LogP contribution in [0.25, 0.3) is 0 Å². The fraction of sp³-hybridized carbons (Fsp3) is 0.769. The Balaban J connectivity index is 4.30. The molecule has 0 unspecified atom stereocenters. The van der Waals surface area contributed by atoms with Crippen LogP contribution in [0.4, 0.5) is 4.79 Å². The molecule has 0 heterocycles. The van der Waals surface area contributed by atoms with Crippen molar-refractivity contribution in [1.82, 2.24) is 4.90 Å². The van der Waals surface area contributed by atoms with Gasteiger partial charge >= 0.3 is 6.09 Å². The van der Waals surface area contributed by atoms with Crippen LogP contribution in [0, 0.1) is 0 Å². The third kappa shape index (κ3) is 5.69. The maximum atomic E-state index is 10.6. The van der Waals surface area contributed by atoms with Crippen LogP contribution in [-0.4, -0.2) is 44.6 Å². The first-order valence-corrected chi connectivity index (χ1v) is 9.12. The number of likely N-dealkylation sites (N-methyl/N-ethyl adjacent to an activating group) is 1. The highest BCUT2D eigenvalue weighted by Gasteiger charge is 2.36. The summed E-state index contributed by atoms with van der Waals surface area (Å²) in [6.45, 7) is 14.0. The molecule has 4 nitrogen and oxygen atoms in total. The van der Waals surface area contributed by atoms with Gasteiger partial charge in [-0.05, 0) is 25.1 Å². The highest BCUT2D eigenvalue weighted by atomic mass is 28.4. The molecule has 0 rings (SSSR count). The lowest BCUT2D eigenvalue weighted by Crippen LogP contribution is -2.41. The first-order valence-electron chi connectivity index (χ1n) is 6.21. The third-order valence-corrected chi connectivity index (χ3v) is 7.99. The monoisotopic (exact) mass is 273 g/mol. The molecule has 0 atom stereocenters. The van der Waals surface area contributed by atoms with E-state index in [4.69, 9.17) is 9.53 Å². The molecule has 0 spiro atoms. The quantitative estimate of drug-likeness (QED) is 0.615. The van der Waals surface area contributed by atoms with E-state index >= 15 is 0 Å². The summed E-state index contributed by atoms with van der Waals surface area (Å²) in [6.07, 6.45) is 0.991. The number of hydrogen-bond acceptors (Lipinski definition) is 2. The van der Waals surface area contributed by atoms with E-state index in [1.807, 2.05) is 13.0 Å². The highest BCUT2D eigenvalue weighted by molar-refractivity contribution is 6.74. The first-order chi connectivity index (χ1) is 7.97. The van der Waals surface area contributed by atoms with Crippen LogP contribution in [-0.2, 0) is 4.43 Å². The Bertz CT molecular complexity index is 319. The van der Waals surface area contributed by atoms with E-state index < -0.39 is 14.4 Å². The number of carboxylic acid groups (broad SMARTS) is 1. The lowest BCUT2D eigenvalue weighted by molar-refractivity contribution is 0.160. The molecule has 0 radical (unpaired) electrons. The van der Waals surface area contributed by atoms with Crippen LogP contribution >= 0.6 is 0 Å². The Morgan fingerprint density at radius 1 is 1.39 bits per heavy atom. The van der Waals surface area contributed by atoms with Crippen molar-refractivity contribution in [3.8, 4) is 0 Å². The van der Waals surface area contributed by atoms with Crippen molar-refractivity contribution in [3.63, 3.8) is 0 Å². The van der Waals surface area contributed by atoms with Gasteiger partial charge in [0.2, 0.25) is 0 Å². The van der Waals surface area contributed by atoms with Gasteiger partial charge in [0.25, 0.3) is 0 Å². The standard InChI is InChI=1S/C13H27NO3Si/c1-11(8-9-14(5)12(15)16)10-17-18(6,7)13(2,3)4/h8H,9-10H2,1-7H3,(H,15,16)/b11-8+. The van der Waals surface area contributed by atoms with Gasteiger partial charge in [-0.3, -0.25) is 0 Å². The van der Waals surface area contributed by atoms with Crippen LogP contribution in [0.3, 0.4) is 0 Å². The van der Waals surface area contributed by atoms with Gasteiger partial charge in [0.05, 0.1) is 6.61 Å². The van der Waals surface area contributed by atoms with Gasteiger partial charge in [-0.15, -0.1) is 0 Å². The van der Waals surface area contributed by atoms with Gasteiger partial charge in [-0.2, -0.15) is 0 Å². The molecule has 18 heavy (non-hydrogen) atoms. The van der Waals surface area contributed by atoms with Crippen molar-refractivity contribution in [2.75, 3.05) is 20.2 Å². The summed E-state index contributed by atoms with van der Waals surface area (Å²) in [5.41, 5.74) is 1.08. The summed E-state index contributed by atoms with van der Waals surface area (Å²) in [6, 6.07) is 0. The summed E-state index contributed by atoms with van der Waals surface area (Å²) in [5.74, 6) is 0. The molecule has 0 aliphatic heterocycles. The van der Waals surface area contributed by atoms with Crippen LogP contribution in [0.15, 0.2) is 11.6 Å². The average Bonchev–Trinajstić information content (AvgIpc) is 2.21. The molecular weight excluding hydrogens is 246 g/mol. The fourth-order valence-electron chi connectivity index (χ4n) is 0.941. The van der Waals surface area contributed by atoms with Crippen molar-refractivity contribution >= 4 is 14.4 Å². The van der Waals surface area contributed by atoms with Gasteiger partial charge < -0.3 is 14.4 Å². The Morgan fingerprint density at radius 2 is 1.89 bits per heavy atom. The molecule has 106 valence electrons. The molecule has 1 N–H and O–H groups in total. The SMILES string of the molecule is C/C(=C\CN(C)C(=O)O)CO[Si](C)(C)C(C)(C)C. The topological polar surface area (TPSA) is 49.8 Å². The van der Waals surface area contributed by atoms with E-state index in [1.165, 1.54) is 4.90 Å². The number of amides is 1. The minimum absolute atomic E-state index is 0.200. The van der Waals surface area contributed by atoms with Crippen molar-refractivity contribution in [1.29, 1.82) is 0 Å². The number of nitrogens with zero attached hydrogens (tertiary/aromatic N) is 1. The molecule has 0 saturated heterocycles. The number of hydrogen-bond donors (Lipinski definition) is 1. The van der Waals surface area contributed by atoms with Crippen LogP contribution in [0.1, 0.15) is 27.7 Å². The normalized spacial score (nSPS) is 13.6. The highest BCUT2D eigenvalue weighted by Crippen LogP contribution is 2.36. The lowest BCUT2D eigenvalue weighted by Gasteiger charge is -2.36. The number of carbonyl (C=O) groups is 1. The molecule has 0 bridgehead atoms. The van der Waals surface area contributed by atoms with Gasteiger partial charge in [-0.25, -0.2) is 4.79 Å². The fourth-order valence-corrected chi connectivity index (χ4v) is 1.96. The largest absolute Gasteiger partial charge is 0.465 e. The zero-order valence-electron chi connectivity index (χ0n) is 12.7. The summed E-state index contributed by atoms with van der Waals surface area (Å²) < 4.78 is 6.05. The molecule has 0 aliphatic carbocycles. The summed E-state index contributed by atoms with van der Waals surface area (Å²) in [4.78, 5) is 11.9. The maximum Gasteiger partial charge on any atom is 0.407 e. The Hall–Kier alpha value is -0.813. The molecule has 0 aliphatic rings. The van der Waals surface area contributed by atoms with E-state index in [9.17, 15) is 4.79 Å². The Kier molecular flexibility index (Phi) is 6.09. The predicted octanol–water partition coefficient (Wildman–Crippen LogP) is 3.56. The molecule has 0 fully saturated rings. The van der Waals surface area contributed by atoms with Crippen molar-refractivity contribution in [2.24, 2.45) is 0 Å². The molecule has 5 heteroatoms. The molecular formula is C13H27NO3Si. The summed E-state index contributed by atoms with van der Waals surface area (Å²) >= 11 is 0. The van der Waals surface area contributed by atoms with E-state index in [-0.39, 0.29) is 5.04 Å². The Labute approximate surface area is 112 Å². The van der Waals surface area contributed by atoms with Crippen LogP contribution in [0.2, 0.25) is 18.1 Å². The summed E-state index contributed by atoms with van der Waals surface area (Å²) in [5, 5.41) is 8.93. The second kappa shape index (κ2) is 6.38. The second-order valence-corrected chi connectivity index (χ2v) is 11.1. The van der Waals surface area contributed by atoms with Crippen molar-refractivity contribution < 1.29 is 14.3 Å². The third-order valence-electron chi connectivity index (χ3n) is 3.51. The van der Waals surface area contributed by atoms with E-state index in [1.54, 1.807) is 7.05 Å². The van der Waals surface area contributed by atoms with Gasteiger partial charge in [-0.1, -0.05) is 32.4 Å². The summed E-state index contributed by atoms with van der Waals surface area (Å²) in [7, 11) is -0.160. The van der Waals surface area contributed by atoms with Crippen molar-refractivity contribution in [3.05, 3.63) is 11.6 Å². The molecule has 0 aromatic rings. The lowest BCUT2D eigenvalue weighted by atomic mass is 10.2. The van der Waals surface area contributed by atoms with Crippen molar-refractivity contribution in [2.45, 2.75) is 45.8 Å². The number of rotatable bonds is 5. The predicted molar refractivity (Wildman–Crippen MR) is 77.6 cm³/mol. The minimum atomic E-state index is -1.72. The molecule has 0 aromatic carbocycles. The molecule has 1 amide bonds. The molecule has 0 aromatic heterocycles.